The number of aliphatic hydroxyl groups excluding tert-OH is 2. The zero-order chi connectivity index (χ0) is 11.2. The second-order valence-electron chi connectivity index (χ2n) is 3.04. The number of aliphatic hydroxyl groups is 2. The van der Waals surface area contributed by atoms with Gasteiger partial charge in [0, 0.05) is 17.8 Å². The Kier molecular flexibility index (Phi) is 5.03. The molecule has 0 spiro atoms. The average molecular weight is 207 g/mol. The van der Waals surface area contributed by atoms with Crippen molar-refractivity contribution < 1.29 is 25.0 Å². The molecule has 0 aromatic carbocycles. The number of rotatable bonds is 7. The molecular formula is C7H13NO6. The summed E-state index contributed by atoms with van der Waals surface area (Å²) in [6.07, 6.45) is -0.313. The number of nitro groups is 1. The summed E-state index contributed by atoms with van der Waals surface area (Å²) in [5.74, 6) is -1.06. The summed E-state index contributed by atoms with van der Waals surface area (Å²) in [4.78, 5) is 19.9. The van der Waals surface area contributed by atoms with E-state index in [1.807, 2.05) is 0 Å². The van der Waals surface area contributed by atoms with Gasteiger partial charge in [-0.1, -0.05) is 0 Å². The zero-order valence-electron chi connectivity index (χ0n) is 7.55. The molecule has 0 fully saturated rings. The average Bonchev–Trinajstić information content (AvgIpc) is 2.12. The van der Waals surface area contributed by atoms with Gasteiger partial charge in [0.25, 0.3) is 5.54 Å². The normalized spacial score (nSPS) is 11.3. The summed E-state index contributed by atoms with van der Waals surface area (Å²) < 4.78 is 0. The van der Waals surface area contributed by atoms with Gasteiger partial charge in [0.1, 0.15) is 13.2 Å². The van der Waals surface area contributed by atoms with E-state index in [0.29, 0.717) is 0 Å². The molecule has 0 heterocycles. The number of carboxylic acids is 1. The van der Waals surface area contributed by atoms with Crippen LogP contribution in [-0.2, 0) is 4.79 Å². The molecule has 14 heavy (non-hydrogen) atoms. The molecule has 82 valence electrons. The SMILES string of the molecule is O=C(O)CCCC(CO)(CO)[N+](=O)[O-]. The Bertz CT molecular complexity index is 212. The Morgan fingerprint density at radius 1 is 1.36 bits per heavy atom. The van der Waals surface area contributed by atoms with Crippen LogP contribution >= 0.6 is 0 Å². The third-order valence-electron chi connectivity index (χ3n) is 2.01. The van der Waals surface area contributed by atoms with Crippen molar-refractivity contribution in [3.63, 3.8) is 0 Å². The monoisotopic (exact) mass is 207 g/mol. The maximum Gasteiger partial charge on any atom is 0.303 e. The lowest BCUT2D eigenvalue weighted by Crippen LogP contribution is -2.45. The van der Waals surface area contributed by atoms with Gasteiger partial charge in [-0.25, -0.2) is 0 Å². The second kappa shape index (κ2) is 5.51. The van der Waals surface area contributed by atoms with Crippen LogP contribution in [-0.4, -0.2) is 45.0 Å². The topological polar surface area (TPSA) is 121 Å². The van der Waals surface area contributed by atoms with E-state index < -0.39 is 29.6 Å². The van der Waals surface area contributed by atoms with Gasteiger partial charge < -0.3 is 15.3 Å². The lowest BCUT2D eigenvalue weighted by Gasteiger charge is -2.19. The lowest BCUT2D eigenvalue weighted by molar-refractivity contribution is -0.578. The molecule has 3 N–H and O–H groups in total. The maximum absolute atomic E-state index is 10.5. The molecule has 0 aliphatic carbocycles. The van der Waals surface area contributed by atoms with Crippen LogP contribution < -0.4 is 0 Å². The molecule has 0 rings (SSSR count). The van der Waals surface area contributed by atoms with Gasteiger partial charge in [0.05, 0.1) is 0 Å². The van der Waals surface area contributed by atoms with E-state index in [0.717, 1.165) is 0 Å². The number of carbonyl (C=O) groups is 1. The van der Waals surface area contributed by atoms with Crippen molar-refractivity contribution in [3.05, 3.63) is 10.1 Å². The highest BCUT2D eigenvalue weighted by Crippen LogP contribution is 2.17. The molecule has 0 saturated carbocycles. The van der Waals surface area contributed by atoms with Crippen LogP contribution in [0.25, 0.3) is 0 Å². The van der Waals surface area contributed by atoms with Crippen molar-refractivity contribution in [1.29, 1.82) is 0 Å². The first-order valence-corrected chi connectivity index (χ1v) is 4.06. The van der Waals surface area contributed by atoms with E-state index in [1.165, 1.54) is 0 Å². The molecule has 0 bridgehead atoms. The van der Waals surface area contributed by atoms with Crippen molar-refractivity contribution in [3.8, 4) is 0 Å². The van der Waals surface area contributed by atoms with Crippen LogP contribution in [0.1, 0.15) is 19.3 Å². The summed E-state index contributed by atoms with van der Waals surface area (Å²) in [7, 11) is 0. The first-order valence-electron chi connectivity index (χ1n) is 4.06. The van der Waals surface area contributed by atoms with Gasteiger partial charge in [0.2, 0.25) is 0 Å². The molecule has 7 nitrogen and oxygen atoms in total. The molecule has 0 saturated heterocycles. The first-order chi connectivity index (χ1) is 6.48. The fourth-order valence-corrected chi connectivity index (χ4v) is 0.984. The second-order valence-corrected chi connectivity index (χ2v) is 3.04. The standard InChI is InChI=1S/C7H13NO6/c9-4-7(5-10,8(13)14)3-1-2-6(11)12/h9-10H,1-5H2,(H,11,12). The van der Waals surface area contributed by atoms with Crippen molar-refractivity contribution in [2.75, 3.05) is 13.2 Å². The fraction of sp³-hybridized carbons (Fsp3) is 0.857. The van der Waals surface area contributed by atoms with Crippen molar-refractivity contribution in [1.82, 2.24) is 0 Å². The van der Waals surface area contributed by atoms with Gasteiger partial charge in [-0.05, 0) is 6.42 Å². The molecule has 0 unspecified atom stereocenters. The molecule has 0 aliphatic rings. The Morgan fingerprint density at radius 2 is 1.86 bits per heavy atom. The van der Waals surface area contributed by atoms with Crippen LogP contribution in [0.4, 0.5) is 0 Å². The van der Waals surface area contributed by atoms with Crippen LogP contribution in [0.3, 0.4) is 0 Å². The smallest absolute Gasteiger partial charge is 0.303 e. The predicted octanol–water partition coefficient (Wildman–Crippen LogP) is -0.759. The van der Waals surface area contributed by atoms with Crippen molar-refractivity contribution in [2.24, 2.45) is 0 Å². The summed E-state index contributed by atoms with van der Waals surface area (Å²) in [6, 6.07) is 0. The summed E-state index contributed by atoms with van der Waals surface area (Å²) in [5.41, 5.74) is -1.81. The van der Waals surface area contributed by atoms with Crippen LogP contribution in [0, 0.1) is 10.1 Å². The maximum atomic E-state index is 10.5. The molecular weight excluding hydrogens is 194 g/mol. The lowest BCUT2D eigenvalue weighted by atomic mass is 9.95. The Morgan fingerprint density at radius 3 is 2.14 bits per heavy atom. The minimum atomic E-state index is -1.81. The fourth-order valence-electron chi connectivity index (χ4n) is 0.984. The van der Waals surface area contributed by atoms with Crippen molar-refractivity contribution >= 4 is 5.97 Å². The third kappa shape index (κ3) is 3.27. The van der Waals surface area contributed by atoms with E-state index in [1.54, 1.807) is 0 Å². The highest BCUT2D eigenvalue weighted by Gasteiger charge is 2.41. The van der Waals surface area contributed by atoms with Gasteiger partial charge in [-0.3, -0.25) is 14.9 Å². The molecule has 0 aromatic heterocycles. The number of nitrogens with zero attached hydrogens (tertiary/aromatic N) is 1. The predicted molar refractivity (Wildman–Crippen MR) is 45.4 cm³/mol. The number of carboxylic acid groups (broad SMARTS) is 1. The summed E-state index contributed by atoms with van der Waals surface area (Å²) >= 11 is 0. The number of hydrogen-bond acceptors (Lipinski definition) is 5. The van der Waals surface area contributed by atoms with Crippen LogP contribution in [0.2, 0.25) is 0 Å². The summed E-state index contributed by atoms with van der Waals surface area (Å²) in [5, 5.41) is 36.3. The summed E-state index contributed by atoms with van der Waals surface area (Å²) in [6.45, 7) is -1.59. The number of hydrogen-bond donors (Lipinski definition) is 3. The van der Waals surface area contributed by atoms with Crippen molar-refractivity contribution in [2.45, 2.75) is 24.8 Å². The quantitative estimate of drug-likeness (QED) is 0.372. The third-order valence-corrected chi connectivity index (χ3v) is 2.01. The van der Waals surface area contributed by atoms with E-state index in [-0.39, 0.29) is 19.3 Å². The largest absolute Gasteiger partial charge is 0.481 e. The van der Waals surface area contributed by atoms with E-state index in [2.05, 4.69) is 0 Å². The van der Waals surface area contributed by atoms with E-state index in [9.17, 15) is 14.9 Å². The van der Waals surface area contributed by atoms with Gasteiger partial charge in [-0.2, -0.15) is 0 Å². The molecule has 0 aromatic rings. The molecule has 0 amide bonds. The van der Waals surface area contributed by atoms with Crippen LogP contribution in [0.15, 0.2) is 0 Å². The zero-order valence-corrected chi connectivity index (χ0v) is 7.55. The molecule has 0 radical (unpaired) electrons. The molecule has 0 atom stereocenters. The van der Waals surface area contributed by atoms with Crippen LogP contribution in [0.5, 0.6) is 0 Å². The molecule has 7 heteroatoms. The Labute approximate surface area is 80.1 Å². The van der Waals surface area contributed by atoms with E-state index in [4.69, 9.17) is 15.3 Å². The minimum Gasteiger partial charge on any atom is -0.481 e. The van der Waals surface area contributed by atoms with Gasteiger partial charge >= 0.3 is 5.97 Å². The van der Waals surface area contributed by atoms with Gasteiger partial charge in [0.15, 0.2) is 0 Å². The highest BCUT2D eigenvalue weighted by molar-refractivity contribution is 5.66. The highest BCUT2D eigenvalue weighted by atomic mass is 16.6. The number of aliphatic carboxylic acids is 1. The van der Waals surface area contributed by atoms with Gasteiger partial charge in [-0.15, -0.1) is 0 Å². The Hall–Kier alpha value is -1.21. The Balaban J connectivity index is 4.22. The van der Waals surface area contributed by atoms with E-state index >= 15 is 0 Å². The minimum absolute atomic E-state index is 0.0530. The molecule has 0 aliphatic heterocycles. The first kappa shape index (κ1) is 12.8.